The fourth-order valence-electron chi connectivity index (χ4n) is 2.65. The van der Waals surface area contributed by atoms with Gasteiger partial charge >= 0.3 is 0 Å². The summed E-state index contributed by atoms with van der Waals surface area (Å²) in [6.45, 7) is 1.68. The molecule has 1 saturated heterocycles. The third-order valence-corrected chi connectivity index (χ3v) is 4.05. The summed E-state index contributed by atoms with van der Waals surface area (Å²) in [5.74, 6) is 0.589. The van der Waals surface area contributed by atoms with Gasteiger partial charge in [0.05, 0.1) is 13.2 Å². The van der Waals surface area contributed by atoms with E-state index in [9.17, 15) is 4.79 Å². The van der Waals surface area contributed by atoms with Gasteiger partial charge in [-0.15, -0.1) is 0 Å². The van der Waals surface area contributed by atoms with Crippen molar-refractivity contribution in [2.75, 3.05) is 30.9 Å². The first-order chi connectivity index (χ1) is 11.7. The van der Waals surface area contributed by atoms with Crippen LogP contribution in [-0.2, 0) is 4.74 Å². The quantitative estimate of drug-likeness (QED) is 0.852. The molecule has 1 atom stereocenters. The minimum Gasteiger partial charge on any atom is -0.497 e. The van der Waals surface area contributed by atoms with E-state index < -0.39 is 0 Å². The lowest BCUT2D eigenvalue weighted by atomic mass is 10.2. The largest absolute Gasteiger partial charge is 0.497 e. The average Bonchev–Trinajstić information content (AvgIpc) is 3.15. The van der Waals surface area contributed by atoms with Crippen LogP contribution in [0.25, 0.3) is 0 Å². The van der Waals surface area contributed by atoms with Crippen LogP contribution in [0.5, 0.6) is 5.75 Å². The average molecular weight is 326 g/mol. The van der Waals surface area contributed by atoms with E-state index in [-0.39, 0.29) is 5.91 Å². The molecule has 1 unspecified atom stereocenters. The van der Waals surface area contributed by atoms with E-state index in [4.69, 9.17) is 9.47 Å². The summed E-state index contributed by atoms with van der Waals surface area (Å²) in [5, 5.41) is 6.25. The zero-order valence-corrected chi connectivity index (χ0v) is 13.7. The topological polar surface area (TPSA) is 59.6 Å². The number of amides is 1. The Labute approximate surface area is 142 Å². The summed E-state index contributed by atoms with van der Waals surface area (Å²) < 4.78 is 10.7. The van der Waals surface area contributed by atoms with Gasteiger partial charge in [0, 0.05) is 30.1 Å². The number of hydrogen-bond donors (Lipinski definition) is 2. The molecule has 3 rings (SSSR count). The molecule has 0 aliphatic carbocycles. The number of carbonyl (C=O) groups excluding carboxylic acids is 1. The summed E-state index contributed by atoms with van der Waals surface area (Å²) in [6, 6.07) is 14.7. The van der Waals surface area contributed by atoms with Crippen molar-refractivity contribution in [1.82, 2.24) is 0 Å². The van der Waals surface area contributed by atoms with Gasteiger partial charge in [0.1, 0.15) is 5.75 Å². The highest BCUT2D eigenvalue weighted by Crippen LogP contribution is 2.18. The van der Waals surface area contributed by atoms with Crippen molar-refractivity contribution < 1.29 is 14.3 Å². The van der Waals surface area contributed by atoms with Gasteiger partial charge in [0.25, 0.3) is 5.91 Å². The van der Waals surface area contributed by atoms with Crippen LogP contribution >= 0.6 is 0 Å². The normalized spacial score (nSPS) is 16.6. The van der Waals surface area contributed by atoms with Gasteiger partial charge in [-0.05, 0) is 61.4 Å². The number of ether oxygens (including phenoxy) is 2. The van der Waals surface area contributed by atoms with Gasteiger partial charge < -0.3 is 20.1 Å². The number of anilines is 2. The lowest BCUT2D eigenvalue weighted by Crippen LogP contribution is -2.18. The molecule has 0 saturated carbocycles. The van der Waals surface area contributed by atoms with E-state index in [1.807, 2.05) is 24.3 Å². The molecular weight excluding hydrogens is 304 g/mol. The maximum atomic E-state index is 12.2. The third-order valence-electron chi connectivity index (χ3n) is 4.05. The molecule has 0 spiro atoms. The SMILES string of the molecule is COc1ccc(C(=O)Nc2ccc(NCC3CCCO3)cc2)cc1. The molecule has 1 fully saturated rings. The summed E-state index contributed by atoms with van der Waals surface area (Å²) >= 11 is 0. The van der Waals surface area contributed by atoms with Crippen molar-refractivity contribution in [1.29, 1.82) is 0 Å². The Balaban J connectivity index is 1.53. The van der Waals surface area contributed by atoms with Crippen molar-refractivity contribution in [3.8, 4) is 5.75 Å². The van der Waals surface area contributed by atoms with E-state index in [1.54, 1.807) is 31.4 Å². The highest BCUT2D eigenvalue weighted by atomic mass is 16.5. The van der Waals surface area contributed by atoms with Crippen molar-refractivity contribution in [3.63, 3.8) is 0 Å². The molecule has 0 aromatic heterocycles. The number of benzene rings is 2. The van der Waals surface area contributed by atoms with Crippen molar-refractivity contribution in [3.05, 3.63) is 54.1 Å². The molecule has 5 heteroatoms. The predicted octanol–water partition coefficient (Wildman–Crippen LogP) is 3.54. The number of carbonyl (C=O) groups is 1. The second kappa shape index (κ2) is 7.84. The Morgan fingerprint density at radius 3 is 2.46 bits per heavy atom. The summed E-state index contributed by atoms with van der Waals surface area (Å²) in [4.78, 5) is 12.2. The van der Waals surface area contributed by atoms with Crippen molar-refractivity contribution in [2.24, 2.45) is 0 Å². The fourth-order valence-corrected chi connectivity index (χ4v) is 2.65. The zero-order valence-electron chi connectivity index (χ0n) is 13.7. The van der Waals surface area contributed by atoms with Gasteiger partial charge in [-0.25, -0.2) is 0 Å². The molecule has 126 valence electrons. The Bertz CT molecular complexity index is 662. The van der Waals surface area contributed by atoms with Crippen LogP contribution in [0.3, 0.4) is 0 Å². The van der Waals surface area contributed by atoms with E-state index in [2.05, 4.69) is 10.6 Å². The first-order valence-electron chi connectivity index (χ1n) is 8.15. The van der Waals surface area contributed by atoms with Crippen LogP contribution in [0.15, 0.2) is 48.5 Å². The maximum absolute atomic E-state index is 12.2. The number of nitrogens with one attached hydrogen (secondary N) is 2. The van der Waals surface area contributed by atoms with E-state index >= 15 is 0 Å². The van der Waals surface area contributed by atoms with Crippen LogP contribution in [-0.4, -0.2) is 32.3 Å². The summed E-state index contributed by atoms with van der Waals surface area (Å²) in [5.41, 5.74) is 2.38. The number of methoxy groups -OCH3 is 1. The standard InChI is InChI=1S/C19H22N2O3/c1-23-17-10-4-14(5-11-17)19(22)21-16-8-6-15(7-9-16)20-13-18-3-2-12-24-18/h4-11,18,20H,2-3,12-13H2,1H3,(H,21,22). The van der Waals surface area contributed by atoms with Crippen molar-refractivity contribution in [2.45, 2.75) is 18.9 Å². The molecule has 24 heavy (non-hydrogen) atoms. The van der Waals surface area contributed by atoms with Crippen LogP contribution in [0.1, 0.15) is 23.2 Å². The molecule has 5 nitrogen and oxygen atoms in total. The molecular formula is C19H22N2O3. The molecule has 2 aromatic rings. The molecule has 0 bridgehead atoms. The monoisotopic (exact) mass is 326 g/mol. The fraction of sp³-hybridized carbons (Fsp3) is 0.316. The van der Waals surface area contributed by atoms with Gasteiger partial charge in [-0.1, -0.05) is 0 Å². The molecule has 1 heterocycles. The molecule has 0 radical (unpaired) electrons. The first-order valence-corrected chi connectivity index (χ1v) is 8.15. The van der Waals surface area contributed by atoms with E-state index in [0.717, 1.165) is 43.1 Å². The van der Waals surface area contributed by atoms with Gasteiger partial charge in [0.15, 0.2) is 0 Å². The van der Waals surface area contributed by atoms with E-state index in [1.165, 1.54) is 0 Å². The lowest BCUT2D eigenvalue weighted by molar-refractivity contribution is 0.102. The highest BCUT2D eigenvalue weighted by molar-refractivity contribution is 6.04. The van der Waals surface area contributed by atoms with Crippen molar-refractivity contribution >= 4 is 17.3 Å². The third kappa shape index (κ3) is 4.26. The zero-order chi connectivity index (χ0) is 16.8. The molecule has 1 aliphatic heterocycles. The molecule has 1 aliphatic rings. The number of hydrogen-bond acceptors (Lipinski definition) is 4. The minimum atomic E-state index is -0.141. The Morgan fingerprint density at radius 2 is 1.83 bits per heavy atom. The summed E-state index contributed by atoms with van der Waals surface area (Å²) in [6.07, 6.45) is 2.56. The molecule has 2 N–H and O–H groups in total. The van der Waals surface area contributed by atoms with E-state index in [0.29, 0.717) is 11.7 Å². The maximum Gasteiger partial charge on any atom is 0.255 e. The smallest absolute Gasteiger partial charge is 0.255 e. The van der Waals surface area contributed by atoms with Crippen LogP contribution in [0.2, 0.25) is 0 Å². The minimum absolute atomic E-state index is 0.141. The van der Waals surface area contributed by atoms with Crippen LogP contribution in [0, 0.1) is 0 Å². The Hall–Kier alpha value is -2.53. The number of rotatable bonds is 6. The van der Waals surface area contributed by atoms with Gasteiger partial charge in [-0.2, -0.15) is 0 Å². The predicted molar refractivity (Wildman–Crippen MR) is 94.9 cm³/mol. The molecule has 2 aromatic carbocycles. The second-order valence-electron chi connectivity index (χ2n) is 5.78. The van der Waals surface area contributed by atoms with Crippen LogP contribution in [0.4, 0.5) is 11.4 Å². The highest BCUT2D eigenvalue weighted by Gasteiger charge is 2.14. The van der Waals surface area contributed by atoms with Gasteiger partial charge in [-0.3, -0.25) is 4.79 Å². The molecule has 1 amide bonds. The summed E-state index contributed by atoms with van der Waals surface area (Å²) in [7, 11) is 1.60. The van der Waals surface area contributed by atoms with Crippen LogP contribution < -0.4 is 15.4 Å². The Kier molecular flexibility index (Phi) is 5.33. The lowest BCUT2D eigenvalue weighted by Gasteiger charge is -2.12. The first kappa shape index (κ1) is 16.3. The Morgan fingerprint density at radius 1 is 1.12 bits per heavy atom. The second-order valence-corrected chi connectivity index (χ2v) is 5.78. The van der Waals surface area contributed by atoms with Gasteiger partial charge in [0.2, 0.25) is 0 Å².